The van der Waals surface area contributed by atoms with Crippen molar-refractivity contribution in [3.63, 3.8) is 0 Å². The Labute approximate surface area is 279 Å². The van der Waals surface area contributed by atoms with Gasteiger partial charge in [-0.05, 0) is 69.5 Å². The first-order valence-electron chi connectivity index (χ1n) is 16.3. The molecule has 5 aromatic rings. The number of carbonyl (C=O) groups is 1. The zero-order chi connectivity index (χ0) is 32.9. The smallest absolute Gasteiger partial charge is 0.223 e. The second kappa shape index (κ2) is 12.4. The summed E-state index contributed by atoms with van der Waals surface area (Å²) < 4.78 is 22.2. The van der Waals surface area contributed by atoms with E-state index in [0.29, 0.717) is 49.7 Å². The van der Waals surface area contributed by atoms with Crippen molar-refractivity contribution in [2.45, 2.75) is 77.2 Å². The van der Waals surface area contributed by atoms with Gasteiger partial charge in [-0.25, -0.2) is 9.07 Å². The van der Waals surface area contributed by atoms with Crippen LogP contribution < -0.4 is 4.74 Å². The van der Waals surface area contributed by atoms with E-state index in [1.165, 1.54) is 12.1 Å². The minimum absolute atomic E-state index is 0.136. The number of piperazine rings is 1. The monoisotopic (exact) mass is 654 g/mol. The summed E-state index contributed by atoms with van der Waals surface area (Å²) in [7, 11) is 0. The average molecular weight is 655 g/mol. The predicted octanol–water partition coefficient (Wildman–Crippen LogP) is 7.42. The van der Waals surface area contributed by atoms with Crippen LogP contribution in [0.25, 0.3) is 22.2 Å². The first kappa shape index (κ1) is 31.4. The summed E-state index contributed by atoms with van der Waals surface area (Å²) in [4.78, 5) is 21.6. The van der Waals surface area contributed by atoms with Crippen molar-refractivity contribution in [3.05, 3.63) is 101 Å². The molecule has 10 heteroatoms. The van der Waals surface area contributed by atoms with Crippen molar-refractivity contribution in [2.24, 2.45) is 0 Å². The number of aromatic amines is 1. The fourth-order valence-electron chi connectivity index (χ4n) is 7.36. The zero-order valence-electron chi connectivity index (χ0n) is 27.2. The fraction of sp³-hybridized carbons (Fsp3) is 0.378. The molecule has 4 heterocycles. The molecule has 7 rings (SSSR count). The van der Waals surface area contributed by atoms with E-state index in [1.807, 2.05) is 60.0 Å². The maximum absolute atomic E-state index is 14.2. The molecule has 1 fully saturated rings. The zero-order valence-corrected chi connectivity index (χ0v) is 28.0. The lowest BCUT2D eigenvalue weighted by Crippen LogP contribution is -2.57. The number of para-hydroxylation sites is 1. The van der Waals surface area contributed by atoms with Gasteiger partial charge in [0.15, 0.2) is 0 Å². The van der Waals surface area contributed by atoms with E-state index < -0.39 is 5.60 Å². The van der Waals surface area contributed by atoms with Crippen molar-refractivity contribution in [1.29, 1.82) is 0 Å². The molecule has 1 amide bonds. The highest BCUT2D eigenvalue weighted by atomic mass is 35.5. The van der Waals surface area contributed by atoms with Crippen LogP contribution in [0.1, 0.15) is 63.4 Å². The summed E-state index contributed by atoms with van der Waals surface area (Å²) in [6, 6.07) is 20.9. The number of aryl methyl sites for hydroxylation is 1. The second-order valence-electron chi connectivity index (χ2n) is 13.6. The van der Waals surface area contributed by atoms with E-state index in [0.717, 1.165) is 39.0 Å². The topological polar surface area (TPSA) is 79.3 Å². The van der Waals surface area contributed by atoms with E-state index in [4.69, 9.17) is 16.3 Å². The Balaban J connectivity index is 1.02. The van der Waals surface area contributed by atoms with Crippen LogP contribution in [0.2, 0.25) is 5.02 Å². The minimum Gasteiger partial charge on any atom is -0.487 e. The van der Waals surface area contributed by atoms with Crippen LogP contribution in [-0.4, -0.2) is 66.5 Å². The van der Waals surface area contributed by atoms with E-state index in [1.54, 1.807) is 6.07 Å². The van der Waals surface area contributed by atoms with Gasteiger partial charge in [0.05, 0.1) is 28.5 Å². The number of ether oxygens (including phenoxy) is 1. The van der Waals surface area contributed by atoms with Gasteiger partial charge in [-0.3, -0.25) is 9.69 Å². The van der Waals surface area contributed by atoms with Crippen LogP contribution in [0.4, 0.5) is 4.39 Å². The van der Waals surface area contributed by atoms with Crippen molar-refractivity contribution >= 4 is 28.4 Å². The number of hydrogen-bond acceptors (Lipinski definition) is 5. The van der Waals surface area contributed by atoms with Gasteiger partial charge in [0.25, 0.3) is 0 Å². The highest BCUT2D eigenvalue weighted by Crippen LogP contribution is 2.41. The molecule has 2 aromatic heterocycles. The van der Waals surface area contributed by atoms with Crippen molar-refractivity contribution in [2.75, 3.05) is 13.1 Å². The van der Waals surface area contributed by atoms with E-state index in [2.05, 4.69) is 52.2 Å². The van der Waals surface area contributed by atoms with Gasteiger partial charge < -0.3 is 14.6 Å². The van der Waals surface area contributed by atoms with Crippen LogP contribution in [0.15, 0.2) is 72.9 Å². The number of H-pyrrole nitrogens is 1. The average Bonchev–Trinajstić information content (AvgIpc) is 3.67. The van der Waals surface area contributed by atoms with Gasteiger partial charge in [-0.2, -0.15) is 0 Å². The Morgan fingerprint density at radius 1 is 1.06 bits per heavy atom. The lowest BCUT2D eigenvalue weighted by atomic mass is 9.90. The standard InChI is InChI=1S/C37H40ClFN6O2/c1-23-19-43(34(46)16-14-29-28-11-8-12-31(38)36(28)40-35(29)25-9-6-5-7-10-25)20-24(2)44(23)21-27-22-45(42-41-27)32-18-37(3,4)47-33-15-13-26(39)17-30(32)33/h5-13,15,17,22-24,32,40H,14,16,18-21H2,1-4H3/t23-,24+,32-/m1/s1. The van der Waals surface area contributed by atoms with Gasteiger partial charge >= 0.3 is 0 Å². The van der Waals surface area contributed by atoms with Gasteiger partial charge in [-0.1, -0.05) is 59.3 Å². The lowest BCUT2D eigenvalue weighted by molar-refractivity contribution is -0.135. The van der Waals surface area contributed by atoms with Crippen LogP contribution >= 0.6 is 11.6 Å². The molecule has 0 spiro atoms. The molecular weight excluding hydrogens is 615 g/mol. The molecule has 1 N–H and O–H groups in total. The SMILES string of the molecule is C[C@@H]1CN(C(=O)CCc2c(-c3ccccc3)[nH]c3c(Cl)cccc23)C[C@H](C)N1Cc1cn([C@@H]2CC(C)(C)Oc3ccc(F)cc32)nn1. The molecule has 0 saturated carbocycles. The number of rotatable bonds is 7. The number of hydrogen-bond donors (Lipinski definition) is 1. The largest absolute Gasteiger partial charge is 0.487 e. The van der Waals surface area contributed by atoms with Crippen molar-refractivity contribution in [3.8, 4) is 17.0 Å². The Morgan fingerprint density at radius 2 is 1.83 bits per heavy atom. The molecule has 3 atom stereocenters. The summed E-state index contributed by atoms with van der Waals surface area (Å²) in [5.41, 5.74) is 5.31. The Hall–Kier alpha value is -4.21. The number of benzene rings is 3. The number of nitrogens with one attached hydrogen (secondary N) is 1. The number of carbonyl (C=O) groups excluding carboxylic acids is 1. The molecule has 2 aliphatic rings. The Kier molecular flexibility index (Phi) is 8.30. The van der Waals surface area contributed by atoms with Crippen molar-refractivity contribution < 1.29 is 13.9 Å². The summed E-state index contributed by atoms with van der Waals surface area (Å²) in [5.74, 6) is 0.533. The van der Waals surface area contributed by atoms with E-state index >= 15 is 0 Å². The maximum atomic E-state index is 14.2. The number of aromatic nitrogens is 4. The van der Waals surface area contributed by atoms with Gasteiger partial charge in [0, 0.05) is 61.2 Å². The maximum Gasteiger partial charge on any atom is 0.223 e. The third-order valence-electron chi connectivity index (χ3n) is 9.62. The van der Waals surface area contributed by atoms with Crippen LogP contribution in [0, 0.1) is 5.82 Å². The summed E-state index contributed by atoms with van der Waals surface area (Å²) in [6.45, 7) is 10.3. The predicted molar refractivity (Wildman–Crippen MR) is 182 cm³/mol. The van der Waals surface area contributed by atoms with E-state index in [9.17, 15) is 9.18 Å². The number of fused-ring (bicyclic) bond motifs is 2. The first-order valence-corrected chi connectivity index (χ1v) is 16.7. The molecule has 0 bridgehead atoms. The third-order valence-corrected chi connectivity index (χ3v) is 9.93. The molecule has 0 unspecified atom stereocenters. The second-order valence-corrected chi connectivity index (χ2v) is 14.0. The molecule has 8 nitrogen and oxygen atoms in total. The molecule has 0 aliphatic carbocycles. The van der Waals surface area contributed by atoms with Gasteiger partial charge in [0.2, 0.25) is 5.91 Å². The van der Waals surface area contributed by atoms with Crippen LogP contribution in [0.3, 0.4) is 0 Å². The lowest BCUT2D eigenvalue weighted by Gasteiger charge is -2.44. The van der Waals surface area contributed by atoms with Crippen LogP contribution in [-0.2, 0) is 17.8 Å². The summed E-state index contributed by atoms with van der Waals surface area (Å²) in [6.07, 6.45) is 3.65. The first-order chi connectivity index (χ1) is 22.6. The third kappa shape index (κ3) is 6.26. The molecular formula is C37H40ClFN6O2. The summed E-state index contributed by atoms with van der Waals surface area (Å²) >= 11 is 6.56. The van der Waals surface area contributed by atoms with Gasteiger partial charge in [-0.15, -0.1) is 5.10 Å². The Bertz CT molecular complexity index is 1910. The fourth-order valence-corrected chi connectivity index (χ4v) is 7.58. The minimum atomic E-state index is -0.419. The van der Waals surface area contributed by atoms with Gasteiger partial charge in [0.1, 0.15) is 17.2 Å². The quantitative estimate of drug-likeness (QED) is 0.198. The van der Waals surface area contributed by atoms with Crippen LogP contribution in [0.5, 0.6) is 5.75 Å². The normalized spacial score (nSPS) is 21.1. The number of halogens is 2. The molecule has 2 aliphatic heterocycles. The molecule has 3 aromatic carbocycles. The molecule has 0 radical (unpaired) electrons. The highest BCUT2D eigenvalue weighted by molar-refractivity contribution is 6.35. The van der Waals surface area contributed by atoms with Crippen molar-refractivity contribution in [1.82, 2.24) is 29.8 Å². The highest BCUT2D eigenvalue weighted by Gasteiger charge is 2.37. The number of amides is 1. The molecule has 244 valence electrons. The molecule has 47 heavy (non-hydrogen) atoms. The molecule has 1 saturated heterocycles. The summed E-state index contributed by atoms with van der Waals surface area (Å²) in [5, 5.41) is 10.7. The number of nitrogens with zero attached hydrogens (tertiary/aromatic N) is 5. The Morgan fingerprint density at radius 3 is 2.60 bits per heavy atom. The van der Waals surface area contributed by atoms with E-state index in [-0.39, 0.29) is 29.8 Å².